The first-order valence-corrected chi connectivity index (χ1v) is 9.95. The number of rotatable bonds is 6. The first-order valence-electron chi connectivity index (χ1n) is 8.34. The summed E-state index contributed by atoms with van der Waals surface area (Å²) >= 11 is 0. The van der Waals surface area contributed by atoms with E-state index in [0.717, 1.165) is 5.69 Å². The summed E-state index contributed by atoms with van der Waals surface area (Å²) in [6.07, 6.45) is 4.05. The maximum Gasteiger partial charge on any atom is 0.250 e. The lowest BCUT2D eigenvalue weighted by Gasteiger charge is -2.23. The van der Waals surface area contributed by atoms with Crippen molar-refractivity contribution in [1.29, 1.82) is 0 Å². The SMILES string of the molecule is CCS(=O)(=O)N1Cc2cccn2CC(CCOc2ncccc2F)C1. The molecule has 1 aliphatic rings. The highest BCUT2D eigenvalue weighted by atomic mass is 32.2. The van der Waals surface area contributed by atoms with Gasteiger partial charge in [-0.3, -0.25) is 0 Å². The fraction of sp³-hybridized carbons (Fsp3) is 0.471. The van der Waals surface area contributed by atoms with Gasteiger partial charge in [0, 0.05) is 31.2 Å². The van der Waals surface area contributed by atoms with Crippen LogP contribution in [0.1, 0.15) is 19.0 Å². The van der Waals surface area contributed by atoms with Crippen molar-refractivity contribution in [3.63, 3.8) is 0 Å². The van der Waals surface area contributed by atoms with Crippen molar-refractivity contribution >= 4 is 10.0 Å². The van der Waals surface area contributed by atoms with Gasteiger partial charge in [0.15, 0.2) is 5.82 Å². The molecule has 0 aromatic carbocycles. The molecule has 0 saturated heterocycles. The predicted octanol–water partition coefficient (Wildman–Crippen LogP) is 2.27. The summed E-state index contributed by atoms with van der Waals surface area (Å²) in [5.41, 5.74) is 0.983. The molecule has 0 N–H and O–H groups in total. The molecule has 25 heavy (non-hydrogen) atoms. The Kier molecular flexibility index (Phi) is 5.39. The molecule has 136 valence electrons. The Labute approximate surface area is 147 Å². The molecule has 1 atom stereocenters. The van der Waals surface area contributed by atoms with Gasteiger partial charge < -0.3 is 9.30 Å². The number of ether oxygens (including phenoxy) is 1. The molecule has 2 aromatic rings. The molecule has 1 aliphatic heterocycles. The van der Waals surface area contributed by atoms with Crippen molar-refractivity contribution in [2.75, 3.05) is 18.9 Å². The quantitative estimate of drug-likeness (QED) is 0.786. The molecule has 3 heterocycles. The summed E-state index contributed by atoms with van der Waals surface area (Å²) in [6.45, 7) is 3.48. The lowest BCUT2D eigenvalue weighted by Crippen LogP contribution is -2.35. The highest BCUT2D eigenvalue weighted by Crippen LogP contribution is 2.22. The minimum Gasteiger partial charge on any atom is -0.476 e. The fourth-order valence-electron chi connectivity index (χ4n) is 3.02. The van der Waals surface area contributed by atoms with Gasteiger partial charge in [-0.1, -0.05) is 0 Å². The number of aromatic nitrogens is 2. The molecule has 2 aromatic heterocycles. The summed E-state index contributed by atoms with van der Waals surface area (Å²) in [5, 5.41) is 0. The summed E-state index contributed by atoms with van der Waals surface area (Å²) in [6, 6.07) is 6.68. The van der Waals surface area contributed by atoms with E-state index in [-0.39, 0.29) is 24.2 Å². The van der Waals surface area contributed by atoms with E-state index < -0.39 is 15.8 Å². The second-order valence-corrected chi connectivity index (χ2v) is 8.40. The molecule has 0 aliphatic carbocycles. The number of halogens is 1. The summed E-state index contributed by atoms with van der Waals surface area (Å²) in [7, 11) is -3.28. The lowest BCUT2D eigenvalue weighted by atomic mass is 10.1. The molecule has 8 heteroatoms. The molecule has 0 radical (unpaired) electrons. The third-order valence-corrected chi connectivity index (χ3v) is 6.22. The minimum absolute atomic E-state index is 0.0178. The van der Waals surface area contributed by atoms with Crippen LogP contribution in [0.4, 0.5) is 4.39 Å². The van der Waals surface area contributed by atoms with Crippen molar-refractivity contribution in [2.45, 2.75) is 26.4 Å². The van der Waals surface area contributed by atoms with Gasteiger partial charge in [0.25, 0.3) is 0 Å². The maximum atomic E-state index is 13.6. The van der Waals surface area contributed by atoms with E-state index in [0.29, 0.717) is 26.1 Å². The Morgan fingerprint density at radius 2 is 2.16 bits per heavy atom. The van der Waals surface area contributed by atoms with Gasteiger partial charge in [0.2, 0.25) is 15.9 Å². The average Bonchev–Trinajstić information content (AvgIpc) is 2.94. The average molecular weight is 367 g/mol. The standard InChI is InChI=1S/C17H22FN3O3S/c1-2-25(22,23)21-12-14(11-20-9-4-5-15(20)13-21)7-10-24-17-16(18)6-3-8-19-17/h3-6,8-9,14H,2,7,10-13H2,1H3. The number of hydrogen-bond acceptors (Lipinski definition) is 4. The van der Waals surface area contributed by atoms with Crippen LogP contribution in [0.5, 0.6) is 5.88 Å². The van der Waals surface area contributed by atoms with E-state index in [1.165, 1.54) is 22.6 Å². The molecule has 0 fully saturated rings. The van der Waals surface area contributed by atoms with Gasteiger partial charge in [-0.25, -0.2) is 17.8 Å². The molecule has 3 rings (SSSR count). The van der Waals surface area contributed by atoms with Crippen LogP contribution in [0.3, 0.4) is 0 Å². The molecule has 6 nitrogen and oxygen atoms in total. The van der Waals surface area contributed by atoms with Crippen molar-refractivity contribution in [3.8, 4) is 5.88 Å². The monoisotopic (exact) mass is 367 g/mol. The lowest BCUT2D eigenvalue weighted by molar-refractivity contribution is 0.234. The molecule has 0 bridgehead atoms. The largest absolute Gasteiger partial charge is 0.476 e. The second kappa shape index (κ2) is 7.53. The van der Waals surface area contributed by atoms with Crippen molar-refractivity contribution in [3.05, 3.63) is 48.2 Å². The molecular weight excluding hydrogens is 345 g/mol. The van der Waals surface area contributed by atoms with Crippen LogP contribution >= 0.6 is 0 Å². The van der Waals surface area contributed by atoms with Gasteiger partial charge in [-0.15, -0.1) is 0 Å². The van der Waals surface area contributed by atoms with Crippen LogP contribution in [0.25, 0.3) is 0 Å². The number of sulfonamides is 1. The molecule has 1 unspecified atom stereocenters. The topological polar surface area (TPSA) is 64.4 Å². The molecule has 0 spiro atoms. The Hall–Kier alpha value is -1.93. The Bertz CT molecular complexity index is 822. The number of pyridine rings is 1. The van der Waals surface area contributed by atoms with E-state index in [1.54, 1.807) is 6.92 Å². The van der Waals surface area contributed by atoms with Gasteiger partial charge >= 0.3 is 0 Å². The highest BCUT2D eigenvalue weighted by Gasteiger charge is 2.28. The van der Waals surface area contributed by atoms with Gasteiger partial charge in [0.1, 0.15) is 0 Å². The first-order chi connectivity index (χ1) is 12.0. The van der Waals surface area contributed by atoms with Gasteiger partial charge in [-0.2, -0.15) is 4.31 Å². The minimum atomic E-state index is -3.28. The first kappa shape index (κ1) is 17.9. The number of fused-ring (bicyclic) bond motifs is 1. The van der Waals surface area contributed by atoms with E-state index >= 15 is 0 Å². The van der Waals surface area contributed by atoms with Crippen LogP contribution in [0.15, 0.2) is 36.7 Å². The maximum absolute atomic E-state index is 13.6. The van der Waals surface area contributed by atoms with Gasteiger partial charge in [-0.05, 0) is 43.5 Å². The van der Waals surface area contributed by atoms with Crippen LogP contribution in [0.2, 0.25) is 0 Å². The predicted molar refractivity (Wildman–Crippen MR) is 92.1 cm³/mol. The third kappa shape index (κ3) is 4.19. The van der Waals surface area contributed by atoms with Crippen LogP contribution in [-0.4, -0.2) is 41.2 Å². The summed E-state index contributed by atoms with van der Waals surface area (Å²) in [4.78, 5) is 3.87. The zero-order chi connectivity index (χ0) is 17.9. The second-order valence-electron chi connectivity index (χ2n) is 6.14. The molecule has 0 saturated carbocycles. The van der Waals surface area contributed by atoms with E-state index in [1.807, 2.05) is 18.3 Å². The molecular formula is C17H22FN3O3S. The zero-order valence-corrected chi connectivity index (χ0v) is 15.0. The van der Waals surface area contributed by atoms with Crippen LogP contribution < -0.4 is 4.74 Å². The van der Waals surface area contributed by atoms with E-state index in [4.69, 9.17) is 4.74 Å². The summed E-state index contributed by atoms with van der Waals surface area (Å²) in [5.74, 6) is -0.348. The Morgan fingerprint density at radius 3 is 2.92 bits per heavy atom. The zero-order valence-electron chi connectivity index (χ0n) is 14.1. The normalized spacial score (nSPS) is 18.6. The van der Waals surface area contributed by atoms with E-state index in [2.05, 4.69) is 9.55 Å². The van der Waals surface area contributed by atoms with Crippen molar-refractivity contribution < 1.29 is 17.5 Å². The smallest absolute Gasteiger partial charge is 0.250 e. The van der Waals surface area contributed by atoms with Crippen LogP contribution in [-0.2, 0) is 23.1 Å². The molecule has 0 amide bonds. The van der Waals surface area contributed by atoms with Crippen LogP contribution in [0, 0.1) is 11.7 Å². The van der Waals surface area contributed by atoms with Crippen molar-refractivity contribution in [1.82, 2.24) is 13.9 Å². The third-order valence-electron chi connectivity index (χ3n) is 4.43. The Balaban J connectivity index is 1.69. The fourth-order valence-corrected chi connectivity index (χ4v) is 4.15. The Morgan fingerprint density at radius 1 is 1.32 bits per heavy atom. The number of hydrogen-bond donors (Lipinski definition) is 0. The highest BCUT2D eigenvalue weighted by molar-refractivity contribution is 7.89. The van der Waals surface area contributed by atoms with E-state index in [9.17, 15) is 12.8 Å². The van der Waals surface area contributed by atoms with Crippen molar-refractivity contribution in [2.24, 2.45) is 5.92 Å². The summed E-state index contributed by atoms with van der Waals surface area (Å²) < 4.78 is 47.3. The number of nitrogens with zero attached hydrogens (tertiary/aromatic N) is 3. The van der Waals surface area contributed by atoms with Gasteiger partial charge in [0.05, 0.1) is 18.9 Å².